The average Bonchev–Trinajstić information content (AvgIpc) is 2.58. The van der Waals surface area contributed by atoms with Crippen LogP contribution in [0.1, 0.15) is 24.1 Å². The van der Waals surface area contributed by atoms with Crippen molar-refractivity contribution in [1.82, 2.24) is 0 Å². The molecule has 24 heavy (non-hydrogen) atoms. The van der Waals surface area contributed by atoms with Gasteiger partial charge < -0.3 is 20.5 Å². The molecule has 1 amide bonds. The summed E-state index contributed by atoms with van der Waals surface area (Å²) in [4.78, 5) is 10.9. The summed E-state index contributed by atoms with van der Waals surface area (Å²) in [7, 11) is 1.57. The summed E-state index contributed by atoms with van der Waals surface area (Å²) in [5, 5.41) is 2.25. The Bertz CT molecular complexity index is 692. The maximum absolute atomic E-state index is 10.9. The van der Waals surface area contributed by atoms with Crippen molar-refractivity contribution >= 4 is 21.8 Å². The number of amides is 1. The Morgan fingerprint density at radius 1 is 1.29 bits per heavy atom. The van der Waals surface area contributed by atoms with Crippen molar-refractivity contribution in [2.45, 2.75) is 19.5 Å². The normalized spacial score (nSPS) is 11.8. The van der Waals surface area contributed by atoms with Crippen LogP contribution in [0.5, 0.6) is 11.5 Å². The molecule has 4 N–H and O–H groups in total. The highest BCUT2D eigenvalue weighted by Crippen LogP contribution is 2.36. The van der Waals surface area contributed by atoms with Crippen LogP contribution >= 0.6 is 15.9 Å². The van der Waals surface area contributed by atoms with Gasteiger partial charge in [-0.05, 0) is 35.0 Å². The second kappa shape index (κ2) is 8.70. The first-order valence-electron chi connectivity index (χ1n) is 7.67. The summed E-state index contributed by atoms with van der Waals surface area (Å²) in [6, 6.07) is 14.6. The summed E-state index contributed by atoms with van der Waals surface area (Å²) in [6.07, 6.45) is 0. The maximum atomic E-state index is 10.9. The number of halogens is 1. The third-order valence-electron chi connectivity index (χ3n) is 3.68. The van der Waals surface area contributed by atoms with Crippen LogP contribution in [0.3, 0.4) is 0 Å². The third kappa shape index (κ3) is 4.97. The molecule has 0 heterocycles. The Balaban J connectivity index is 2.08. The van der Waals surface area contributed by atoms with E-state index in [-0.39, 0.29) is 6.61 Å². The Hall–Kier alpha value is -2.05. The van der Waals surface area contributed by atoms with Crippen molar-refractivity contribution in [2.24, 2.45) is 5.73 Å². The number of quaternary nitrogens is 1. The van der Waals surface area contributed by atoms with Crippen molar-refractivity contribution in [2.75, 3.05) is 13.7 Å². The Labute approximate surface area is 150 Å². The maximum Gasteiger partial charge on any atom is 0.255 e. The quantitative estimate of drug-likeness (QED) is 0.720. The van der Waals surface area contributed by atoms with Crippen LogP contribution in [0, 0.1) is 0 Å². The highest BCUT2D eigenvalue weighted by Gasteiger charge is 2.15. The van der Waals surface area contributed by atoms with Gasteiger partial charge in [0.1, 0.15) is 12.6 Å². The molecule has 0 unspecified atom stereocenters. The summed E-state index contributed by atoms with van der Waals surface area (Å²) in [5.41, 5.74) is 7.50. The Kier molecular flexibility index (Phi) is 6.63. The summed E-state index contributed by atoms with van der Waals surface area (Å²) in [6.45, 7) is 2.78. The molecule has 2 aromatic carbocycles. The third-order valence-corrected chi connectivity index (χ3v) is 4.27. The van der Waals surface area contributed by atoms with Gasteiger partial charge in [-0.1, -0.05) is 30.3 Å². The second-order valence-corrected chi connectivity index (χ2v) is 6.36. The van der Waals surface area contributed by atoms with Crippen molar-refractivity contribution in [3.8, 4) is 11.5 Å². The lowest BCUT2D eigenvalue weighted by Gasteiger charge is -2.15. The number of methoxy groups -OCH3 is 1. The van der Waals surface area contributed by atoms with Crippen molar-refractivity contribution in [3.63, 3.8) is 0 Å². The van der Waals surface area contributed by atoms with Crippen molar-refractivity contribution in [1.29, 1.82) is 0 Å². The lowest BCUT2D eigenvalue weighted by Crippen LogP contribution is -2.83. The van der Waals surface area contributed by atoms with Gasteiger partial charge >= 0.3 is 0 Å². The first-order valence-corrected chi connectivity index (χ1v) is 8.46. The zero-order chi connectivity index (χ0) is 17.5. The standard InChI is InChI=1S/C18H21BrN2O3/c1-12(14-6-4-3-5-7-14)21-10-13-8-15(19)18(16(9-13)23-2)24-11-17(20)22/h3-9,12,21H,10-11H2,1-2H3,(H2,20,22)/p+1/t12-/m1/s1. The minimum atomic E-state index is -0.530. The molecule has 0 bridgehead atoms. The summed E-state index contributed by atoms with van der Waals surface area (Å²) < 4.78 is 11.5. The van der Waals surface area contributed by atoms with Crippen LogP contribution in [-0.4, -0.2) is 19.6 Å². The lowest BCUT2D eigenvalue weighted by molar-refractivity contribution is -0.707. The number of ether oxygens (including phenoxy) is 2. The lowest BCUT2D eigenvalue weighted by atomic mass is 10.1. The minimum absolute atomic E-state index is 0.189. The van der Waals surface area contributed by atoms with Gasteiger partial charge in [0.25, 0.3) is 5.91 Å². The molecule has 0 radical (unpaired) electrons. The van der Waals surface area contributed by atoms with E-state index in [0.717, 1.165) is 16.6 Å². The van der Waals surface area contributed by atoms with E-state index in [1.54, 1.807) is 7.11 Å². The number of rotatable bonds is 8. The first kappa shape index (κ1) is 18.3. The first-order chi connectivity index (χ1) is 11.5. The van der Waals surface area contributed by atoms with Gasteiger partial charge in [-0.3, -0.25) is 4.79 Å². The Morgan fingerprint density at radius 2 is 2.00 bits per heavy atom. The van der Waals surface area contributed by atoms with Gasteiger partial charge in [-0.15, -0.1) is 0 Å². The van der Waals surface area contributed by atoms with Crippen LogP contribution in [0.25, 0.3) is 0 Å². The van der Waals surface area contributed by atoms with Gasteiger partial charge in [0.15, 0.2) is 18.1 Å². The largest absolute Gasteiger partial charge is 0.493 e. The zero-order valence-corrected chi connectivity index (χ0v) is 15.4. The van der Waals surface area contributed by atoms with Crippen LogP contribution in [0.4, 0.5) is 0 Å². The number of carbonyl (C=O) groups excluding carboxylic acids is 1. The number of nitrogens with two attached hydrogens (primary N) is 2. The fourth-order valence-electron chi connectivity index (χ4n) is 2.38. The zero-order valence-electron chi connectivity index (χ0n) is 13.8. The van der Waals surface area contributed by atoms with Crippen LogP contribution in [-0.2, 0) is 11.3 Å². The average molecular weight is 394 g/mol. The highest BCUT2D eigenvalue weighted by atomic mass is 79.9. The van der Waals surface area contributed by atoms with E-state index in [1.165, 1.54) is 5.56 Å². The molecule has 0 saturated carbocycles. The molecule has 1 atom stereocenters. The van der Waals surface area contributed by atoms with Crippen LogP contribution in [0.15, 0.2) is 46.9 Å². The predicted octanol–water partition coefficient (Wildman–Crippen LogP) is 2.15. The van der Waals surface area contributed by atoms with Crippen molar-refractivity contribution < 1.29 is 19.6 Å². The Morgan fingerprint density at radius 3 is 2.62 bits per heavy atom. The van der Waals surface area contributed by atoms with E-state index in [2.05, 4.69) is 40.3 Å². The number of benzene rings is 2. The van der Waals surface area contributed by atoms with E-state index in [4.69, 9.17) is 15.2 Å². The molecule has 0 fully saturated rings. The van der Waals surface area contributed by atoms with E-state index in [0.29, 0.717) is 17.5 Å². The SMILES string of the molecule is COc1cc(C[NH2+][C@H](C)c2ccccc2)cc(Br)c1OCC(N)=O. The van der Waals surface area contributed by atoms with Gasteiger partial charge in [0, 0.05) is 11.1 Å². The number of hydrogen-bond donors (Lipinski definition) is 2. The molecule has 5 nitrogen and oxygen atoms in total. The van der Waals surface area contributed by atoms with Gasteiger partial charge in [0.2, 0.25) is 0 Å². The molecule has 128 valence electrons. The molecule has 2 aromatic rings. The molecule has 0 aliphatic rings. The fraction of sp³-hybridized carbons (Fsp3) is 0.278. The molecular weight excluding hydrogens is 372 g/mol. The van der Waals surface area contributed by atoms with Gasteiger partial charge in [-0.25, -0.2) is 0 Å². The summed E-state index contributed by atoms with van der Waals surface area (Å²) in [5.74, 6) is 0.524. The molecule has 2 rings (SSSR count). The number of primary amides is 1. The smallest absolute Gasteiger partial charge is 0.255 e. The van der Waals surface area contributed by atoms with Gasteiger partial charge in [-0.2, -0.15) is 0 Å². The van der Waals surface area contributed by atoms with E-state index >= 15 is 0 Å². The molecule has 0 saturated heterocycles. The molecule has 0 aliphatic heterocycles. The second-order valence-electron chi connectivity index (χ2n) is 5.50. The van der Waals surface area contributed by atoms with Crippen LogP contribution in [0.2, 0.25) is 0 Å². The monoisotopic (exact) mass is 393 g/mol. The highest BCUT2D eigenvalue weighted by molar-refractivity contribution is 9.10. The van der Waals surface area contributed by atoms with E-state index < -0.39 is 5.91 Å². The number of carbonyl (C=O) groups is 1. The summed E-state index contributed by atoms with van der Waals surface area (Å²) >= 11 is 3.47. The molecule has 0 spiro atoms. The number of hydrogen-bond acceptors (Lipinski definition) is 3. The minimum Gasteiger partial charge on any atom is -0.493 e. The predicted molar refractivity (Wildman–Crippen MR) is 95.9 cm³/mol. The van der Waals surface area contributed by atoms with Crippen LogP contribution < -0.4 is 20.5 Å². The molecule has 0 aliphatic carbocycles. The van der Waals surface area contributed by atoms with E-state index in [9.17, 15) is 4.79 Å². The van der Waals surface area contributed by atoms with E-state index in [1.807, 2.05) is 30.3 Å². The van der Waals surface area contributed by atoms with Crippen molar-refractivity contribution in [3.05, 3.63) is 58.1 Å². The fourth-order valence-corrected chi connectivity index (χ4v) is 2.98. The molecular formula is C18H22BrN2O3+. The molecule has 6 heteroatoms. The topological polar surface area (TPSA) is 78.2 Å². The van der Waals surface area contributed by atoms with Gasteiger partial charge in [0.05, 0.1) is 11.6 Å². The molecule has 0 aromatic heterocycles.